The number of hydrogen-bond acceptors (Lipinski definition) is 4. The Balaban J connectivity index is 2.02. The lowest BCUT2D eigenvalue weighted by molar-refractivity contribution is -0.137. The van der Waals surface area contributed by atoms with E-state index in [4.69, 9.17) is 9.84 Å². The molecule has 0 bridgehead atoms. The first kappa shape index (κ1) is 13.5. The summed E-state index contributed by atoms with van der Waals surface area (Å²) < 4.78 is 5.41. The number of carbonyl (C=O) groups is 1. The van der Waals surface area contributed by atoms with Crippen LogP contribution in [0.3, 0.4) is 0 Å². The second-order valence-electron chi connectivity index (χ2n) is 4.78. The molecule has 0 amide bonds. The molecule has 3 atom stereocenters. The lowest BCUT2D eigenvalue weighted by atomic mass is 9.96. The van der Waals surface area contributed by atoms with E-state index in [0.717, 1.165) is 24.5 Å². The Hall–Kier alpha value is -0.910. The van der Waals surface area contributed by atoms with Gasteiger partial charge in [0.1, 0.15) is 0 Å². The van der Waals surface area contributed by atoms with Crippen molar-refractivity contribution in [1.82, 2.24) is 5.32 Å². The van der Waals surface area contributed by atoms with Gasteiger partial charge in [0, 0.05) is 17.5 Å². The topological polar surface area (TPSA) is 58.6 Å². The van der Waals surface area contributed by atoms with E-state index in [2.05, 4.69) is 12.2 Å². The van der Waals surface area contributed by atoms with E-state index in [0.29, 0.717) is 12.0 Å². The number of rotatable bonds is 5. The van der Waals surface area contributed by atoms with Crippen LogP contribution < -0.4 is 5.32 Å². The molecule has 1 fully saturated rings. The maximum Gasteiger partial charge on any atom is 0.305 e. The van der Waals surface area contributed by atoms with Crippen LogP contribution in [0.4, 0.5) is 0 Å². The van der Waals surface area contributed by atoms with E-state index < -0.39 is 5.97 Å². The van der Waals surface area contributed by atoms with Crippen molar-refractivity contribution in [1.29, 1.82) is 0 Å². The van der Waals surface area contributed by atoms with Gasteiger partial charge in [0.15, 0.2) is 0 Å². The van der Waals surface area contributed by atoms with Gasteiger partial charge in [-0.25, -0.2) is 0 Å². The number of hydrogen-bond donors (Lipinski definition) is 2. The van der Waals surface area contributed by atoms with Crippen molar-refractivity contribution in [3.05, 3.63) is 22.4 Å². The molecule has 0 spiro atoms. The summed E-state index contributed by atoms with van der Waals surface area (Å²) in [7, 11) is 0. The van der Waals surface area contributed by atoms with Crippen LogP contribution in [0.15, 0.2) is 17.5 Å². The predicted octanol–water partition coefficient (Wildman–Crippen LogP) is 2.28. The van der Waals surface area contributed by atoms with Gasteiger partial charge in [-0.2, -0.15) is 0 Å². The number of carboxylic acids is 1. The molecule has 3 unspecified atom stereocenters. The maximum atomic E-state index is 11.0. The largest absolute Gasteiger partial charge is 0.481 e. The first-order valence-corrected chi connectivity index (χ1v) is 7.13. The zero-order valence-electron chi connectivity index (χ0n) is 10.5. The van der Waals surface area contributed by atoms with Gasteiger partial charge in [0.05, 0.1) is 19.1 Å². The molecule has 0 aromatic carbocycles. The molecule has 2 heterocycles. The van der Waals surface area contributed by atoms with Crippen molar-refractivity contribution in [2.24, 2.45) is 5.92 Å². The maximum absolute atomic E-state index is 11.0. The molecule has 1 aliphatic heterocycles. The van der Waals surface area contributed by atoms with Crippen LogP contribution >= 0.6 is 11.3 Å². The van der Waals surface area contributed by atoms with Crippen molar-refractivity contribution < 1.29 is 14.6 Å². The first-order chi connectivity index (χ1) is 8.66. The molecule has 2 N–H and O–H groups in total. The molecular weight excluding hydrogens is 250 g/mol. The van der Waals surface area contributed by atoms with Crippen molar-refractivity contribution in [2.45, 2.75) is 31.8 Å². The Kier molecular flexibility index (Phi) is 4.74. The molecule has 0 saturated carbocycles. The van der Waals surface area contributed by atoms with Gasteiger partial charge in [-0.3, -0.25) is 4.79 Å². The molecule has 0 aliphatic carbocycles. The van der Waals surface area contributed by atoms with Crippen molar-refractivity contribution in [3.63, 3.8) is 0 Å². The molecule has 100 valence electrons. The number of ether oxygens (including phenoxy) is 1. The zero-order chi connectivity index (χ0) is 13.0. The van der Waals surface area contributed by atoms with Crippen LogP contribution in [-0.4, -0.2) is 30.3 Å². The van der Waals surface area contributed by atoms with Crippen LogP contribution in [0.2, 0.25) is 0 Å². The highest BCUT2D eigenvalue weighted by Gasteiger charge is 2.26. The summed E-state index contributed by atoms with van der Waals surface area (Å²) in [6.07, 6.45) is 1.08. The fourth-order valence-electron chi connectivity index (χ4n) is 2.29. The molecule has 1 saturated heterocycles. The minimum Gasteiger partial charge on any atom is -0.481 e. The van der Waals surface area contributed by atoms with Crippen LogP contribution in [0.25, 0.3) is 0 Å². The van der Waals surface area contributed by atoms with Gasteiger partial charge >= 0.3 is 5.97 Å². The second kappa shape index (κ2) is 6.31. The summed E-state index contributed by atoms with van der Waals surface area (Å²) in [4.78, 5) is 12.1. The van der Waals surface area contributed by atoms with Crippen LogP contribution in [0.1, 0.15) is 30.7 Å². The highest BCUT2D eigenvalue weighted by atomic mass is 32.1. The van der Waals surface area contributed by atoms with Crippen molar-refractivity contribution in [3.8, 4) is 0 Å². The lowest BCUT2D eigenvalue weighted by Gasteiger charge is -2.32. The predicted molar refractivity (Wildman–Crippen MR) is 70.8 cm³/mol. The average molecular weight is 269 g/mol. The standard InChI is InChI=1S/C13H19NO3S/c1-9-8-17-5-4-10(9)14-11(7-13(15)16)12-3-2-6-18-12/h2-3,6,9-11,14H,4-5,7-8H2,1H3,(H,15,16). The Morgan fingerprint density at radius 3 is 3.17 bits per heavy atom. The monoisotopic (exact) mass is 269 g/mol. The first-order valence-electron chi connectivity index (χ1n) is 6.26. The minimum absolute atomic E-state index is 0.0898. The van der Waals surface area contributed by atoms with E-state index in [9.17, 15) is 4.79 Å². The van der Waals surface area contributed by atoms with Crippen LogP contribution in [0, 0.1) is 5.92 Å². The molecule has 18 heavy (non-hydrogen) atoms. The van der Waals surface area contributed by atoms with Gasteiger partial charge in [-0.05, 0) is 23.8 Å². The fraction of sp³-hybridized carbons (Fsp3) is 0.615. The quantitative estimate of drug-likeness (QED) is 0.861. The summed E-state index contributed by atoms with van der Waals surface area (Å²) >= 11 is 1.61. The SMILES string of the molecule is CC1COCCC1NC(CC(=O)O)c1cccs1. The summed E-state index contributed by atoms with van der Waals surface area (Å²) in [5.41, 5.74) is 0. The smallest absolute Gasteiger partial charge is 0.305 e. The van der Waals surface area contributed by atoms with Crippen LogP contribution in [-0.2, 0) is 9.53 Å². The summed E-state index contributed by atoms with van der Waals surface area (Å²) in [6, 6.07) is 4.21. The summed E-state index contributed by atoms with van der Waals surface area (Å²) in [6.45, 7) is 3.65. The Morgan fingerprint density at radius 1 is 1.72 bits per heavy atom. The number of carboxylic acid groups (broad SMARTS) is 1. The molecule has 5 heteroatoms. The number of aliphatic carboxylic acids is 1. The van der Waals surface area contributed by atoms with Crippen molar-refractivity contribution >= 4 is 17.3 Å². The number of nitrogens with one attached hydrogen (secondary N) is 1. The zero-order valence-corrected chi connectivity index (χ0v) is 11.3. The number of thiophene rings is 1. The van der Waals surface area contributed by atoms with Crippen LogP contribution in [0.5, 0.6) is 0 Å². The summed E-state index contributed by atoms with van der Waals surface area (Å²) in [5.74, 6) is -0.337. The van der Waals surface area contributed by atoms with E-state index in [1.807, 2.05) is 17.5 Å². The van der Waals surface area contributed by atoms with E-state index >= 15 is 0 Å². The molecule has 0 radical (unpaired) electrons. The van der Waals surface area contributed by atoms with Gasteiger partial charge < -0.3 is 15.2 Å². The van der Waals surface area contributed by atoms with E-state index in [1.165, 1.54) is 0 Å². The van der Waals surface area contributed by atoms with Gasteiger partial charge in [-0.15, -0.1) is 11.3 Å². The van der Waals surface area contributed by atoms with Crippen molar-refractivity contribution in [2.75, 3.05) is 13.2 Å². The summed E-state index contributed by atoms with van der Waals surface area (Å²) in [5, 5.41) is 14.5. The lowest BCUT2D eigenvalue weighted by Crippen LogP contribution is -2.43. The fourth-order valence-corrected chi connectivity index (χ4v) is 3.08. The third kappa shape index (κ3) is 3.54. The molecule has 1 aromatic rings. The van der Waals surface area contributed by atoms with Gasteiger partial charge in [0.2, 0.25) is 0 Å². The normalized spacial score (nSPS) is 25.8. The Labute approximate surface area is 111 Å². The van der Waals surface area contributed by atoms with Gasteiger partial charge in [-0.1, -0.05) is 13.0 Å². The van der Waals surface area contributed by atoms with Gasteiger partial charge in [0.25, 0.3) is 0 Å². The average Bonchev–Trinajstić information content (AvgIpc) is 2.84. The highest BCUT2D eigenvalue weighted by molar-refractivity contribution is 7.10. The Morgan fingerprint density at radius 2 is 2.56 bits per heavy atom. The van der Waals surface area contributed by atoms with E-state index in [-0.39, 0.29) is 12.5 Å². The molecule has 1 aliphatic rings. The second-order valence-corrected chi connectivity index (χ2v) is 5.76. The minimum atomic E-state index is -0.763. The third-order valence-electron chi connectivity index (χ3n) is 3.32. The molecule has 2 rings (SSSR count). The molecule has 1 aromatic heterocycles. The molecule has 4 nitrogen and oxygen atoms in total. The molecular formula is C13H19NO3S. The Bertz CT molecular complexity index is 380. The highest BCUT2D eigenvalue weighted by Crippen LogP contribution is 2.25. The van der Waals surface area contributed by atoms with E-state index in [1.54, 1.807) is 11.3 Å². The third-order valence-corrected chi connectivity index (χ3v) is 4.31.